The highest BCUT2D eigenvalue weighted by molar-refractivity contribution is 7.91. The molecule has 0 saturated carbocycles. The van der Waals surface area contributed by atoms with E-state index in [9.17, 15) is 8.42 Å². The van der Waals surface area contributed by atoms with Crippen molar-refractivity contribution in [3.05, 3.63) is 59.7 Å². The third-order valence-electron chi connectivity index (χ3n) is 2.59. The summed E-state index contributed by atoms with van der Waals surface area (Å²) in [6.07, 6.45) is 0. The van der Waals surface area contributed by atoms with Crippen LogP contribution >= 0.6 is 0 Å². The maximum atomic E-state index is 12.3. The average Bonchev–Trinajstić information content (AvgIpc) is 2.47. The maximum Gasteiger partial charge on any atom is 0.206 e. The van der Waals surface area contributed by atoms with E-state index in [0.29, 0.717) is 11.1 Å². The SMILES string of the molecule is N#Cc1ccc(S(=O)(=O)c2ccc(C#N)cc2)cc1. The number of rotatable bonds is 2. The Kier molecular flexibility index (Phi) is 3.33. The van der Waals surface area contributed by atoms with E-state index in [1.165, 1.54) is 48.5 Å². The first-order valence-corrected chi connectivity index (χ1v) is 6.81. The van der Waals surface area contributed by atoms with Gasteiger partial charge in [0, 0.05) is 0 Å². The van der Waals surface area contributed by atoms with Gasteiger partial charge in [-0.1, -0.05) is 0 Å². The Bertz CT molecular complexity index is 714. The van der Waals surface area contributed by atoms with E-state index in [2.05, 4.69) is 0 Å². The summed E-state index contributed by atoms with van der Waals surface area (Å²) >= 11 is 0. The van der Waals surface area contributed by atoms with E-state index in [1.54, 1.807) is 0 Å². The van der Waals surface area contributed by atoms with Gasteiger partial charge in [0.25, 0.3) is 0 Å². The zero-order valence-electron chi connectivity index (χ0n) is 9.74. The van der Waals surface area contributed by atoms with E-state index in [4.69, 9.17) is 10.5 Å². The van der Waals surface area contributed by atoms with Gasteiger partial charge in [-0.15, -0.1) is 0 Å². The molecule has 2 aromatic rings. The topological polar surface area (TPSA) is 81.7 Å². The number of benzene rings is 2. The minimum atomic E-state index is -3.61. The van der Waals surface area contributed by atoms with Crippen LogP contribution in [0.15, 0.2) is 58.3 Å². The second kappa shape index (κ2) is 4.93. The van der Waals surface area contributed by atoms with Gasteiger partial charge in [-0.05, 0) is 48.5 Å². The van der Waals surface area contributed by atoms with Crippen molar-refractivity contribution < 1.29 is 8.42 Å². The lowest BCUT2D eigenvalue weighted by Gasteiger charge is -2.04. The van der Waals surface area contributed by atoms with Gasteiger partial charge < -0.3 is 0 Å². The summed E-state index contributed by atoms with van der Waals surface area (Å²) in [7, 11) is -3.61. The fourth-order valence-corrected chi connectivity index (χ4v) is 2.81. The van der Waals surface area contributed by atoms with E-state index in [0.717, 1.165) is 0 Å². The van der Waals surface area contributed by atoms with Gasteiger partial charge in [-0.3, -0.25) is 0 Å². The molecule has 0 radical (unpaired) electrons. The third kappa shape index (κ3) is 2.47. The molecule has 0 saturated heterocycles. The molecule has 2 rings (SSSR count). The fraction of sp³-hybridized carbons (Fsp3) is 0. The largest absolute Gasteiger partial charge is 0.219 e. The standard InChI is InChI=1S/C14H8N2O2S/c15-9-11-1-5-13(6-2-11)19(17,18)14-7-3-12(10-16)4-8-14/h1-8H. The van der Waals surface area contributed by atoms with E-state index in [1.807, 2.05) is 12.1 Å². The molecular formula is C14H8N2O2S. The zero-order valence-corrected chi connectivity index (χ0v) is 10.6. The molecule has 19 heavy (non-hydrogen) atoms. The van der Waals surface area contributed by atoms with Crippen molar-refractivity contribution in [2.75, 3.05) is 0 Å². The molecule has 0 aliphatic carbocycles. The van der Waals surface area contributed by atoms with Crippen LogP contribution in [0.25, 0.3) is 0 Å². The normalized spacial score (nSPS) is 10.4. The second-order valence-corrected chi connectivity index (χ2v) is 5.73. The van der Waals surface area contributed by atoms with Crippen LogP contribution in [0.5, 0.6) is 0 Å². The predicted molar refractivity (Wildman–Crippen MR) is 67.8 cm³/mol. The van der Waals surface area contributed by atoms with Crippen LogP contribution in [0.4, 0.5) is 0 Å². The van der Waals surface area contributed by atoms with Crippen molar-refractivity contribution in [2.24, 2.45) is 0 Å². The monoisotopic (exact) mass is 268 g/mol. The molecule has 0 N–H and O–H groups in total. The van der Waals surface area contributed by atoms with Crippen LogP contribution in [0.1, 0.15) is 11.1 Å². The van der Waals surface area contributed by atoms with Crippen molar-refractivity contribution in [3.63, 3.8) is 0 Å². The zero-order chi connectivity index (χ0) is 13.9. The molecule has 0 heterocycles. The molecule has 92 valence electrons. The van der Waals surface area contributed by atoms with Crippen molar-refractivity contribution in [1.29, 1.82) is 10.5 Å². The molecule has 0 spiro atoms. The number of hydrogen-bond acceptors (Lipinski definition) is 4. The third-order valence-corrected chi connectivity index (χ3v) is 4.37. The molecule has 0 aliphatic rings. The van der Waals surface area contributed by atoms with Gasteiger partial charge in [0.15, 0.2) is 0 Å². The number of sulfone groups is 1. The number of nitrogens with zero attached hydrogens (tertiary/aromatic N) is 2. The summed E-state index contributed by atoms with van der Waals surface area (Å²) in [5, 5.41) is 17.4. The first kappa shape index (κ1) is 12.8. The Labute approximate surface area is 111 Å². The van der Waals surface area contributed by atoms with Crippen LogP contribution in [-0.2, 0) is 9.84 Å². The fourth-order valence-electron chi connectivity index (χ4n) is 1.55. The maximum absolute atomic E-state index is 12.3. The summed E-state index contributed by atoms with van der Waals surface area (Å²) in [5.41, 5.74) is 0.803. The Morgan fingerprint density at radius 3 is 1.26 bits per heavy atom. The highest BCUT2D eigenvalue weighted by Gasteiger charge is 2.17. The highest BCUT2D eigenvalue weighted by Crippen LogP contribution is 2.21. The summed E-state index contributed by atoms with van der Waals surface area (Å²) < 4.78 is 24.5. The van der Waals surface area contributed by atoms with Crippen LogP contribution in [0, 0.1) is 22.7 Å². The first-order valence-electron chi connectivity index (χ1n) is 5.33. The quantitative estimate of drug-likeness (QED) is 0.836. The van der Waals surface area contributed by atoms with Crippen molar-refractivity contribution >= 4 is 9.84 Å². The minimum Gasteiger partial charge on any atom is -0.219 e. The molecule has 5 heteroatoms. The highest BCUT2D eigenvalue weighted by atomic mass is 32.2. The van der Waals surface area contributed by atoms with Crippen molar-refractivity contribution in [1.82, 2.24) is 0 Å². The Hall–Kier alpha value is -2.63. The van der Waals surface area contributed by atoms with Gasteiger partial charge in [-0.2, -0.15) is 10.5 Å². The lowest BCUT2D eigenvalue weighted by Crippen LogP contribution is -2.01. The summed E-state index contributed by atoms with van der Waals surface area (Å²) in [6, 6.07) is 15.3. The Morgan fingerprint density at radius 1 is 0.684 bits per heavy atom. The smallest absolute Gasteiger partial charge is 0.206 e. The van der Waals surface area contributed by atoms with Crippen LogP contribution in [-0.4, -0.2) is 8.42 Å². The molecule has 0 atom stereocenters. The van der Waals surface area contributed by atoms with Gasteiger partial charge in [0.1, 0.15) is 0 Å². The van der Waals surface area contributed by atoms with Crippen molar-refractivity contribution in [2.45, 2.75) is 9.79 Å². The molecule has 0 bridgehead atoms. The van der Waals surface area contributed by atoms with Crippen LogP contribution in [0.3, 0.4) is 0 Å². The van der Waals surface area contributed by atoms with Gasteiger partial charge in [0.05, 0.1) is 33.1 Å². The lowest BCUT2D eigenvalue weighted by molar-refractivity contribution is 0.596. The molecule has 0 amide bonds. The Balaban J connectivity index is 2.46. The van der Waals surface area contributed by atoms with Crippen LogP contribution < -0.4 is 0 Å². The first-order chi connectivity index (χ1) is 9.07. The molecule has 0 aromatic heterocycles. The average molecular weight is 268 g/mol. The number of nitriles is 2. The Morgan fingerprint density at radius 2 is 1.00 bits per heavy atom. The van der Waals surface area contributed by atoms with Gasteiger partial charge in [0.2, 0.25) is 9.84 Å². The number of hydrogen-bond donors (Lipinski definition) is 0. The molecule has 0 fully saturated rings. The molecule has 2 aromatic carbocycles. The molecule has 0 aliphatic heterocycles. The van der Waals surface area contributed by atoms with Crippen LogP contribution in [0.2, 0.25) is 0 Å². The molecule has 0 unspecified atom stereocenters. The summed E-state index contributed by atoms with van der Waals surface area (Å²) in [4.78, 5) is 0.243. The second-order valence-electron chi connectivity index (χ2n) is 3.78. The predicted octanol–water partition coefficient (Wildman–Crippen LogP) is 2.26. The van der Waals surface area contributed by atoms with E-state index < -0.39 is 9.84 Å². The van der Waals surface area contributed by atoms with Crippen molar-refractivity contribution in [3.8, 4) is 12.1 Å². The lowest BCUT2D eigenvalue weighted by atomic mass is 10.2. The molecular weight excluding hydrogens is 260 g/mol. The minimum absolute atomic E-state index is 0.121. The van der Waals surface area contributed by atoms with E-state index >= 15 is 0 Å². The molecule has 4 nitrogen and oxygen atoms in total. The summed E-state index contributed by atoms with van der Waals surface area (Å²) in [6.45, 7) is 0. The van der Waals surface area contributed by atoms with Gasteiger partial charge in [-0.25, -0.2) is 8.42 Å². The van der Waals surface area contributed by atoms with E-state index in [-0.39, 0.29) is 9.79 Å². The van der Waals surface area contributed by atoms with Gasteiger partial charge >= 0.3 is 0 Å². The summed E-state index contributed by atoms with van der Waals surface area (Å²) in [5.74, 6) is 0.